The molecule has 1 aromatic heterocycles. The number of ether oxygens (including phenoxy) is 1. The summed E-state index contributed by atoms with van der Waals surface area (Å²) in [5, 5.41) is 5.53. The first-order valence-corrected chi connectivity index (χ1v) is 6.80. The Labute approximate surface area is 132 Å². The van der Waals surface area contributed by atoms with E-state index < -0.39 is 11.8 Å². The number of methoxy groups -OCH3 is 1. The highest BCUT2D eigenvalue weighted by atomic mass is 35.5. The maximum Gasteiger partial charge on any atom is 0.313 e. The average Bonchev–Trinajstić information content (AvgIpc) is 2.53. The Morgan fingerprint density at radius 2 is 2.05 bits per heavy atom. The summed E-state index contributed by atoms with van der Waals surface area (Å²) in [5.41, 5.74) is 1.21. The van der Waals surface area contributed by atoms with Crippen LogP contribution in [0.4, 0.5) is 5.69 Å². The predicted octanol–water partition coefficient (Wildman–Crippen LogP) is 2.00. The molecule has 0 aliphatic heterocycles. The van der Waals surface area contributed by atoms with Gasteiger partial charge in [0.05, 0.1) is 19.0 Å². The standard InChI is InChI=1S/C15H14ClN3O3/c1-22-13-6-5-12(9-17-13)19-15(21)14(20)18-8-10-3-2-4-11(16)7-10/h2-7,9H,8H2,1H3,(H,18,20)(H,19,21). The molecule has 0 saturated carbocycles. The lowest BCUT2D eigenvalue weighted by Gasteiger charge is -2.07. The van der Waals surface area contributed by atoms with Crippen molar-refractivity contribution in [1.82, 2.24) is 10.3 Å². The van der Waals surface area contributed by atoms with Gasteiger partial charge in [0, 0.05) is 17.6 Å². The van der Waals surface area contributed by atoms with Gasteiger partial charge in [-0.1, -0.05) is 23.7 Å². The summed E-state index contributed by atoms with van der Waals surface area (Å²) in [5.74, 6) is -1.09. The number of benzene rings is 1. The van der Waals surface area contributed by atoms with Gasteiger partial charge in [-0.3, -0.25) is 9.59 Å². The number of anilines is 1. The first-order chi connectivity index (χ1) is 10.6. The number of nitrogens with zero attached hydrogens (tertiary/aromatic N) is 1. The average molecular weight is 320 g/mol. The lowest BCUT2D eigenvalue weighted by Crippen LogP contribution is -2.34. The highest BCUT2D eigenvalue weighted by Gasteiger charge is 2.13. The van der Waals surface area contributed by atoms with Crippen molar-refractivity contribution < 1.29 is 14.3 Å². The molecule has 0 spiro atoms. The molecule has 1 heterocycles. The van der Waals surface area contributed by atoms with Crippen molar-refractivity contribution in [2.45, 2.75) is 6.54 Å². The van der Waals surface area contributed by atoms with Crippen molar-refractivity contribution in [3.05, 3.63) is 53.2 Å². The molecule has 0 bridgehead atoms. The predicted molar refractivity (Wildman–Crippen MR) is 82.7 cm³/mol. The Morgan fingerprint density at radius 3 is 2.68 bits per heavy atom. The lowest BCUT2D eigenvalue weighted by molar-refractivity contribution is -0.136. The number of hydrogen-bond acceptors (Lipinski definition) is 4. The molecule has 1 aromatic carbocycles. The minimum atomic E-state index is -0.769. The molecule has 0 aliphatic rings. The smallest absolute Gasteiger partial charge is 0.313 e. The van der Waals surface area contributed by atoms with Crippen LogP contribution in [0, 0.1) is 0 Å². The zero-order valence-corrected chi connectivity index (χ0v) is 12.6. The number of aromatic nitrogens is 1. The van der Waals surface area contributed by atoms with Crippen molar-refractivity contribution in [2.75, 3.05) is 12.4 Å². The van der Waals surface area contributed by atoms with Crippen LogP contribution >= 0.6 is 11.6 Å². The zero-order chi connectivity index (χ0) is 15.9. The van der Waals surface area contributed by atoms with Gasteiger partial charge >= 0.3 is 11.8 Å². The van der Waals surface area contributed by atoms with E-state index in [1.807, 2.05) is 0 Å². The van der Waals surface area contributed by atoms with Gasteiger partial charge in [0.15, 0.2) is 0 Å². The highest BCUT2D eigenvalue weighted by molar-refractivity contribution is 6.39. The van der Waals surface area contributed by atoms with Crippen LogP contribution in [0.5, 0.6) is 5.88 Å². The third kappa shape index (κ3) is 4.46. The fourth-order valence-electron chi connectivity index (χ4n) is 1.67. The second kappa shape index (κ2) is 7.42. The molecule has 0 radical (unpaired) electrons. The molecule has 0 unspecified atom stereocenters. The molecular formula is C15H14ClN3O3. The normalized spacial score (nSPS) is 9.91. The maximum absolute atomic E-state index is 11.7. The molecule has 0 aliphatic carbocycles. The molecular weight excluding hydrogens is 306 g/mol. The van der Waals surface area contributed by atoms with Crippen LogP contribution in [-0.2, 0) is 16.1 Å². The van der Waals surface area contributed by atoms with Gasteiger partial charge in [-0.2, -0.15) is 0 Å². The van der Waals surface area contributed by atoms with E-state index in [4.69, 9.17) is 16.3 Å². The largest absolute Gasteiger partial charge is 0.481 e. The molecule has 2 N–H and O–H groups in total. The van der Waals surface area contributed by atoms with Crippen LogP contribution in [0.15, 0.2) is 42.6 Å². The number of rotatable bonds is 4. The number of pyridine rings is 1. The second-order valence-electron chi connectivity index (χ2n) is 4.36. The molecule has 2 amide bonds. The molecule has 2 rings (SSSR count). The van der Waals surface area contributed by atoms with Crippen molar-refractivity contribution >= 4 is 29.1 Å². The van der Waals surface area contributed by atoms with Crippen molar-refractivity contribution in [3.8, 4) is 5.88 Å². The quantitative estimate of drug-likeness (QED) is 0.845. The van der Waals surface area contributed by atoms with E-state index in [9.17, 15) is 9.59 Å². The van der Waals surface area contributed by atoms with Gasteiger partial charge in [-0.25, -0.2) is 4.98 Å². The van der Waals surface area contributed by atoms with Gasteiger partial charge in [0.2, 0.25) is 5.88 Å². The first-order valence-electron chi connectivity index (χ1n) is 6.42. The molecule has 7 heteroatoms. The topological polar surface area (TPSA) is 80.3 Å². The molecule has 0 atom stereocenters. The maximum atomic E-state index is 11.7. The van der Waals surface area contributed by atoms with E-state index in [2.05, 4.69) is 15.6 Å². The SMILES string of the molecule is COc1ccc(NC(=O)C(=O)NCc2cccc(Cl)c2)cn1. The van der Waals surface area contributed by atoms with E-state index in [1.165, 1.54) is 13.3 Å². The van der Waals surface area contributed by atoms with E-state index in [0.717, 1.165) is 5.56 Å². The Balaban J connectivity index is 1.87. The number of carbonyl (C=O) groups excluding carboxylic acids is 2. The third-order valence-corrected chi connectivity index (χ3v) is 2.99. The van der Waals surface area contributed by atoms with Crippen LogP contribution in [0.25, 0.3) is 0 Å². The fraction of sp³-hybridized carbons (Fsp3) is 0.133. The Hall–Kier alpha value is -2.60. The van der Waals surface area contributed by atoms with Crippen LogP contribution in [0.2, 0.25) is 5.02 Å². The fourth-order valence-corrected chi connectivity index (χ4v) is 1.89. The van der Waals surface area contributed by atoms with E-state index >= 15 is 0 Å². The Bertz CT molecular complexity index is 674. The molecule has 2 aromatic rings. The highest BCUT2D eigenvalue weighted by Crippen LogP contribution is 2.11. The van der Waals surface area contributed by atoms with Crippen molar-refractivity contribution in [1.29, 1.82) is 0 Å². The van der Waals surface area contributed by atoms with Crippen LogP contribution in [0.3, 0.4) is 0 Å². The molecule has 0 saturated heterocycles. The Morgan fingerprint density at radius 1 is 1.23 bits per heavy atom. The van der Waals surface area contributed by atoms with Gasteiger partial charge in [-0.05, 0) is 23.8 Å². The van der Waals surface area contributed by atoms with Crippen LogP contribution in [-0.4, -0.2) is 23.9 Å². The number of amides is 2. The summed E-state index contributed by atoms with van der Waals surface area (Å²) in [6.07, 6.45) is 1.40. The number of hydrogen-bond donors (Lipinski definition) is 2. The summed E-state index contributed by atoms with van der Waals surface area (Å²) in [7, 11) is 1.49. The summed E-state index contributed by atoms with van der Waals surface area (Å²) in [6, 6.07) is 10.2. The van der Waals surface area contributed by atoms with Gasteiger partial charge in [0.25, 0.3) is 0 Å². The zero-order valence-electron chi connectivity index (χ0n) is 11.8. The summed E-state index contributed by atoms with van der Waals surface area (Å²) >= 11 is 5.85. The van der Waals surface area contributed by atoms with E-state index in [0.29, 0.717) is 16.6 Å². The van der Waals surface area contributed by atoms with Gasteiger partial charge in [0.1, 0.15) is 0 Å². The van der Waals surface area contributed by atoms with Gasteiger partial charge in [-0.15, -0.1) is 0 Å². The third-order valence-electron chi connectivity index (χ3n) is 2.75. The molecule has 6 nitrogen and oxygen atoms in total. The molecule has 0 fully saturated rings. The van der Waals surface area contributed by atoms with Gasteiger partial charge < -0.3 is 15.4 Å². The van der Waals surface area contributed by atoms with E-state index in [-0.39, 0.29) is 6.54 Å². The summed E-state index contributed by atoms with van der Waals surface area (Å²) in [4.78, 5) is 27.4. The van der Waals surface area contributed by atoms with Crippen molar-refractivity contribution in [2.24, 2.45) is 0 Å². The number of carbonyl (C=O) groups is 2. The summed E-state index contributed by atoms with van der Waals surface area (Å²) in [6.45, 7) is 0.216. The number of halogens is 1. The lowest BCUT2D eigenvalue weighted by atomic mass is 10.2. The Kier molecular flexibility index (Phi) is 5.32. The second-order valence-corrected chi connectivity index (χ2v) is 4.79. The monoisotopic (exact) mass is 319 g/mol. The minimum Gasteiger partial charge on any atom is -0.481 e. The van der Waals surface area contributed by atoms with Crippen LogP contribution < -0.4 is 15.4 Å². The molecule has 22 heavy (non-hydrogen) atoms. The first kappa shape index (κ1) is 15.8. The molecule has 114 valence electrons. The van der Waals surface area contributed by atoms with Crippen molar-refractivity contribution in [3.63, 3.8) is 0 Å². The van der Waals surface area contributed by atoms with E-state index in [1.54, 1.807) is 36.4 Å². The van der Waals surface area contributed by atoms with Crippen LogP contribution in [0.1, 0.15) is 5.56 Å². The number of nitrogens with one attached hydrogen (secondary N) is 2. The minimum absolute atomic E-state index is 0.216. The summed E-state index contributed by atoms with van der Waals surface area (Å²) < 4.78 is 4.90.